The molecule has 0 aliphatic carbocycles. The Labute approximate surface area is 200 Å². The summed E-state index contributed by atoms with van der Waals surface area (Å²) in [5, 5.41) is 0.247. The molecule has 9 heteroatoms. The second kappa shape index (κ2) is 9.04. The minimum atomic E-state index is -0.542. The summed E-state index contributed by atoms with van der Waals surface area (Å²) in [6.07, 6.45) is 1.47. The van der Waals surface area contributed by atoms with Crippen molar-refractivity contribution in [2.24, 2.45) is 0 Å². The molecular weight excluding hydrogens is 525 g/mol. The average molecular weight is 537 g/mol. The van der Waals surface area contributed by atoms with Crippen molar-refractivity contribution in [2.45, 2.75) is 0 Å². The minimum Gasteiger partial charge on any atom is -0.457 e. The van der Waals surface area contributed by atoms with Crippen LogP contribution in [0.1, 0.15) is 16.1 Å². The third-order valence-electron chi connectivity index (χ3n) is 4.46. The molecule has 3 aromatic rings. The van der Waals surface area contributed by atoms with E-state index in [1.807, 2.05) is 0 Å². The highest BCUT2D eigenvalue weighted by atomic mass is 79.9. The van der Waals surface area contributed by atoms with Gasteiger partial charge in [0.2, 0.25) is 0 Å². The molecule has 4 rings (SSSR count). The van der Waals surface area contributed by atoms with Crippen molar-refractivity contribution in [2.75, 3.05) is 6.54 Å². The predicted octanol–water partition coefficient (Wildman–Crippen LogP) is 6.94. The number of Topliss-reactive ketones (excluding diaryl/α,β-unsaturated/α-hetero) is 1. The lowest BCUT2D eigenvalue weighted by atomic mass is 10.1. The number of ketones is 1. The van der Waals surface area contributed by atoms with E-state index in [0.717, 1.165) is 21.1 Å². The van der Waals surface area contributed by atoms with Gasteiger partial charge in [0.1, 0.15) is 11.5 Å². The topological polar surface area (TPSA) is 67.6 Å². The smallest absolute Gasteiger partial charge is 0.293 e. The maximum atomic E-state index is 12.7. The van der Waals surface area contributed by atoms with Crippen LogP contribution >= 0.6 is 50.9 Å². The molecule has 0 radical (unpaired) electrons. The van der Waals surface area contributed by atoms with Gasteiger partial charge < -0.3 is 4.42 Å². The fourth-order valence-corrected chi connectivity index (χ4v) is 4.38. The third-order valence-corrected chi connectivity index (χ3v) is 6.71. The van der Waals surface area contributed by atoms with E-state index in [2.05, 4.69) is 15.9 Å². The number of carbonyl (C=O) groups is 3. The van der Waals surface area contributed by atoms with Crippen LogP contribution in [0.15, 0.2) is 68.4 Å². The van der Waals surface area contributed by atoms with E-state index < -0.39 is 11.1 Å². The van der Waals surface area contributed by atoms with E-state index in [1.54, 1.807) is 54.6 Å². The minimum absolute atomic E-state index is 0.173. The van der Waals surface area contributed by atoms with E-state index in [0.29, 0.717) is 32.7 Å². The molecular formula is C22H12BrCl2NO4S. The van der Waals surface area contributed by atoms with Crippen LogP contribution in [0.25, 0.3) is 17.4 Å². The standard InChI is InChI=1S/C22H12BrCl2NO4S/c23-13-6-4-12(5-7-13)17(27)11-26-21(28)19(31-22(26)29)10-14-8-9-18(30-14)15-2-1-3-16(24)20(15)25/h1-10H,11H2/b19-10+. The molecule has 1 fully saturated rings. The van der Waals surface area contributed by atoms with Crippen LogP contribution in [0.2, 0.25) is 10.0 Å². The van der Waals surface area contributed by atoms with Gasteiger partial charge in [-0.2, -0.15) is 0 Å². The van der Waals surface area contributed by atoms with Gasteiger partial charge in [0.25, 0.3) is 11.1 Å². The molecule has 31 heavy (non-hydrogen) atoms. The monoisotopic (exact) mass is 535 g/mol. The third kappa shape index (κ3) is 4.65. The van der Waals surface area contributed by atoms with Crippen molar-refractivity contribution in [1.82, 2.24) is 4.90 Å². The van der Waals surface area contributed by atoms with Crippen LogP contribution in [-0.4, -0.2) is 28.4 Å². The Kier molecular flexibility index (Phi) is 6.39. The van der Waals surface area contributed by atoms with Crippen LogP contribution in [0.3, 0.4) is 0 Å². The van der Waals surface area contributed by atoms with Gasteiger partial charge in [-0.3, -0.25) is 19.3 Å². The summed E-state index contributed by atoms with van der Waals surface area (Å²) in [5.74, 6) is -0.0229. The van der Waals surface area contributed by atoms with E-state index >= 15 is 0 Å². The summed E-state index contributed by atoms with van der Waals surface area (Å²) < 4.78 is 6.59. The molecule has 0 saturated carbocycles. The number of hydrogen-bond donors (Lipinski definition) is 0. The highest BCUT2D eigenvalue weighted by Crippen LogP contribution is 2.36. The number of rotatable bonds is 5. The second-order valence-electron chi connectivity index (χ2n) is 6.50. The van der Waals surface area contributed by atoms with Crippen molar-refractivity contribution < 1.29 is 18.8 Å². The first-order chi connectivity index (χ1) is 14.8. The summed E-state index contributed by atoms with van der Waals surface area (Å²) in [6.45, 7) is -0.328. The number of imide groups is 1. The Morgan fingerprint density at radius 3 is 2.55 bits per heavy atom. The highest BCUT2D eigenvalue weighted by molar-refractivity contribution is 9.10. The maximum Gasteiger partial charge on any atom is 0.293 e. The van der Waals surface area contributed by atoms with Crippen LogP contribution in [0.5, 0.6) is 0 Å². The number of hydrogen-bond acceptors (Lipinski definition) is 5. The van der Waals surface area contributed by atoms with Gasteiger partial charge >= 0.3 is 0 Å². The zero-order valence-corrected chi connectivity index (χ0v) is 19.5. The lowest BCUT2D eigenvalue weighted by Gasteiger charge is -2.11. The fourth-order valence-electron chi connectivity index (χ4n) is 2.91. The Balaban J connectivity index is 1.52. The normalized spacial score (nSPS) is 15.2. The summed E-state index contributed by atoms with van der Waals surface area (Å²) in [6, 6.07) is 15.3. The first-order valence-corrected chi connectivity index (χ1v) is 11.3. The SMILES string of the molecule is O=C(CN1C(=O)S/C(=C/c2ccc(-c3cccc(Cl)c3Cl)o2)C1=O)c1ccc(Br)cc1. The number of benzene rings is 2. The largest absolute Gasteiger partial charge is 0.457 e. The van der Waals surface area contributed by atoms with Gasteiger partial charge in [-0.1, -0.05) is 57.3 Å². The molecule has 1 aliphatic rings. The maximum absolute atomic E-state index is 12.7. The first kappa shape index (κ1) is 21.9. The number of thioether (sulfide) groups is 1. The number of nitrogens with zero attached hydrogens (tertiary/aromatic N) is 1. The molecule has 2 aromatic carbocycles. The van der Waals surface area contributed by atoms with Crippen molar-refractivity contribution in [1.29, 1.82) is 0 Å². The number of furan rings is 1. The lowest BCUT2D eigenvalue weighted by Crippen LogP contribution is -2.33. The lowest BCUT2D eigenvalue weighted by molar-refractivity contribution is -0.122. The Hall–Kier alpha value is -2.32. The molecule has 0 bridgehead atoms. The number of carbonyl (C=O) groups excluding carboxylic acids is 3. The summed E-state index contributed by atoms with van der Waals surface area (Å²) in [5.41, 5.74) is 1.03. The highest BCUT2D eigenvalue weighted by Gasteiger charge is 2.36. The van der Waals surface area contributed by atoms with Gasteiger partial charge in [-0.25, -0.2) is 0 Å². The first-order valence-electron chi connectivity index (χ1n) is 8.92. The van der Waals surface area contributed by atoms with E-state index in [4.69, 9.17) is 27.6 Å². The van der Waals surface area contributed by atoms with Gasteiger partial charge in [-0.05, 0) is 48.2 Å². The summed E-state index contributed by atoms with van der Waals surface area (Å²) in [4.78, 5) is 38.6. The predicted molar refractivity (Wildman–Crippen MR) is 125 cm³/mol. The van der Waals surface area contributed by atoms with Gasteiger partial charge in [0.05, 0.1) is 21.5 Å². The van der Waals surface area contributed by atoms with E-state index in [-0.39, 0.29) is 17.2 Å². The molecule has 156 valence electrons. The van der Waals surface area contributed by atoms with Crippen LogP contribution < -0.4 is 0 Å². The zero-order valence-electron chi connectivity index (χ0n) is 15.6. The molecule has 5 nitrogen and oxygen atoms in total. The Morgan fingerprint density at radius 1 is 1.06 bits per heavy atom. The molecule has 0 spiro atoms. The van der Waals surface area contributed by atoms with Crippen LogP contribution in [0, 0.1) is 0 Å². The number of amides is 2. The van der Waals surface area contributed by atoms with Crippen LogP contribution in [-0.2, 0) is 4.79 Å². The van der Waals surface area contributed by atoms with E-state index in [1.165, 1.54) is 6.08 Å². The molecule has 2 amide bonds. The molecule has 0 atom stereocenters. The van der Waals surface area contributed by atoms with Gasteiger partial charge in [0, 0.05) is 21.7 Å². The van der Waals surface area contributed by atoms with Crippen molar-refractivity contribution in [3.8, 4) is 11.3 Å². The van der Waals surface area contributed by atoms with Gasteiger partial charge in [-0.15, -0.1) is 0 Å². The quantitative estimate of drug-likeness (QED) is 0.261. The second-order valence-corrected chi connectivity index (χ2v) is 9.20. The number of halogens is 3. The molecule has 2 heterocycles. The van der Waals surface area contributed by atoms with Crippen molar-refractivity contribution >= 4 is 73.9 Å². The zero-order chi connectivity index (χ0) is 22.1. The molecule has 1 aromatic heterocycles. The van der Waals surface area contributed by atoms with Gasteiger partial charge in [0.15, 0.2) is 5.78 Å². The molecule has 0 unspecified atom stereocenters. The molecule has 1 aliphatic heterocycles. The average Bonchev–Trinajstić information content (AvgIpc) is 3.31. The van der Waals surface area contributed by atoms with Crippen molar-refractivity contribution in [3.05, 3.63) is 85.3 Å². The Morgan fingerprint density at radius 2 is 1.81 bits per heavy atom. The summed E-state index contributed by atoms with van der Waals surface area (Å²) >= 11 is 16.3. The fraction of sp³-hybridized carbons (Fsp3) is 0.0455. The molecule has 0 N–H and O–H groups in total. The Bertz CT molecular complexity index is 1240. The van der Waals surface area contributed by atoms with Crippen molar-refractivity contribution in [3.63, 3.8) is 0 Å². The van der Waals surface area contributed by atoms with E-state index in [9.17, 15) is 14.4 Å². The van der Waals surface area contributed by atoms with Crippen LogP contribution in [0.4, 0.5) is 4.79 Å². The molecule has 1 saturated heterocycles. The summed E-state index contributed by atoms with van der Waals surface area (Å²) in [7, 11) is 0.